The molecule has 0 aromatic heterocycles. The van der Waals surface area contributed by atoms with Crippen molar-refractivity contribution >= 4 is 11.9 Å². The fourth-order valence-electron chi connectivity index (χ4n) is 3.28. The van der Waals surface area contributed by atoms with Gasteiger partial charge in [0.15, 0.2) is 0 Å². The van der Waals surface area contributed by atoms with E-state index in [2.05, 4.69) is 0 Å². The average molecular weight is 421 g/mol. The fraction of sp³-hybridized carbons (Fsp3) is 0.333. The first-order valence-corrected chi connectivity index (χ1v) is 9.29. The molecule has 1 heterocycles. The second-order valence-electron chi connectivity index (χ2n) is 7.16. The number of nitrogens with zero attached hydrogens (tertiary/aromatic N) is 2. The van der Waals surface area contributed by atoms with Gasteiger partial charge in [0.1, 0.15) is 12.4 Å². The summed E-state index contributed by atoms with van der Waals surface area (Å²) in [5, 5.41) is 1.87. The van der Waals surface area contributed by atoms with E-state index in [0.29, 0.717) is 17.2 Å². The third kappa shape index (κ3) is 4.11. The van der Waals surface area contributed by atoms with Crippen molar-refractivity contribution < 1.29 is 27.5 Å². The summed E-state index contributed by atoms with van der Waals surface area (Å²) in [5.41, 5.74) is -2.39. The highest BCUT2D eigenvalue weighted by molar-refractivity contribution is 6.08. The number of aryl methyl sites for hydroxylation is 1. The lowest BCUT2D eigenvalue weighted by Crippen LogP contribution is -2.56. The first-order chi connectivity index (χ1) is 14.1. The lowest BCUT2D eigenvalue weighted by Gasteiger charge is -2.30. The molecule has 0 aliphatic carbocycles. The predicted octanol–water partition coefficient (Wildman–Crippen LogP) is 3.27. The summed E-state index contributed by atoms with van der Waals surface area (Å²) in [6, 6.07) is 13.0. The molecule has 30 heavy (non-hydrogen) atoms. The van der Waals surface area contributed by atoms with Gasteiger partial charge in [0.25, 0.3) is 5.91 Å². The fourth-order valence-corrected chi connectivity index (χ4v) is 3.28. The Balaban J connectivity index is 1.69. The van der Waals surface area contributed by atoms with E-state index in [0.717, 1.165) is 5.56 Å². The molecule has 1 saturated heterocycles. The number of ether oxygens (including phenoxy) is 1. The number of halogens is 3. The number of carbonyl (C=O) groups excluding carboxylic acids is 2. The number of carbonyl (C=O) groups is 2. The van der Waals surface area contributed by atoms with Crippen LogP contribution in [0.15, 0.2) is 54.6 Å². The first-order valence-electron chi connectivity index (χ1n) is 9.29. The summed E-state index contributed by atoms with van der Waals surface area (Å²) >= 11 is 0. The van der Waals surface area contributed by atoms with Gasteiger partial charge in [0.2, 0.25) is 5.54 Å². The van der Waals surface area contributed by atoms with Crippen LogP contribution >= 0.6 is 0 Å². The van der Waals surface area contributed by atoms with Gasteiger partial charge < -0.3 is 10.1 Å². The van der Waals surface area contributed by atoms with Crippen molar-refractivity contribution in [3.63, 3.8) is 0 Å². The molecule has 6 nitrogen and oxygen atoms in total. The van der Waals surface area contributed by atoms with Crippen molar-refractivity contribution in [1.29, 1.82) is 0 Å². The molecule has 1 atom stereocenters. The number of rotatable bonds is 7. The highest BCUT2D eigenvalue weighted by Crippen LogP contribution is 2.43. The van der Waals surface area contributed by atoms with Crippen LogP contribution in [0.25, 0.3) is 0 Å². The molecule has 3 rings (SSSR count). The molecule has 1 N–H and O–H groups in total. The minimum absolute atomic E-state index is 0.243. The second-order valence-corrected chi connectivity index (χ2v) is 7.16. The molecule has 0 bridgehead atoms. The molecule has 3 amide bonds. The summed E-state index contributed by atoms with van der Waals surface area (Å²) in [5.74, 6) is -0.684. The maximum atomic E-state index is 14.0. The molecule has 160 valence electrons. The summed E-state index contributed by atoms with van der Waals surface area (Å²) < 4.78 is 47.5. The van der Waals surface area contributed by atoms with Crippen LogP contribution in [0.2, 0.25) is 0 Å². The van der Waals surface area contributed by atoms with E-state index in [1.807, 2.05) is 30.4 Å². The highest BCUT2D eigenvalue weighted by Gasteiger charge is 2.68. The van der Waals surface area contributed by atoms with Gasteiger partial charge in [0, 0.05) is 6.54 Å². The number of benzene rings is 2. The van der Waals surface area contributed by atoms with Gasteiger partial charge in [-0.1, -0.05) is 42.5 Å². The number of nitrogens with one attached hydrogen (secondary N) is 1. The molecule has 2 aromatic carbocycles. The van der Waals surface area contributed by atoms with Crippen LogP contribution in [0.5, 0.6) is 5.75 Å². The van der Waals surface area contributed by atoms with Gasteiger partial charge in [-0.3, -0.25) is 9.69 Å². The zero-order valence-electron chi connectivity index (χ0n) is 16.6. The van der Waals surface area contributed by atoms with Crippen LogP contribution in [0.4, 0.5) is 18.0 Å². The van der Waals surface area contributed by atoms with E-state index in [-0.39, 0.29) is 18.8 Å². The van der Waals surface area contributed by atoms with Crippen LogP contribution in [-0.4, -0.2) is 54.8 Å². The third-order valence-corrected chi connectivity index (χ3v) is 4.85. The second kappa shape index (κ2) is 8.35. The Labute approximate surface area is 172 Å². The van der Waals surface area contributed by atoms with Crippen LogP contribution in [0.1, 0.15) is 11.1 Å². The third-order valence-electron chi connectivity index (χ3n) is 4.85. The lowest BCUT2D eigenvalue weighted by atomic mass is 9.89. The monoisotopic (exact) mass is 421 g/mol. The maximum absolute atomic E-state index is 14.0. The van der Waals surface area contributed by atoms with Gasteiger partial charge in [-0.25, -0.2) is 9.69 Å². The molecule has 0 radical (unpaired) electrons. The Morgan fingerprint density at radius 1 is 1.10 bits per heavy atom. The Morgan fingerprint density at radius 2 is 1.80 bits per heavy atom. The Bertz CT molecular complexity index is 920. The van der Waals surface area contributed by atoms with E-state index in [9.17, 15) is 22.8 Å². The van der Waals surface area contributed by atoms with Crippen molar-refractivity contribution in [3.8, 4) is 5.75 Å². The van der Waals surface area contributed by atoms with E-state index in [1.165, 1.54) is 30.3 Å². The molecular formula is C21H22F3N3O3. The summed E-state index contributed by atoms with van der Waals surface area (Å²) in [6.45, 7) is 2.17. The summed E-state index contributed by atoms with van der Waals surface area (Å²) in [7, 11) is 1.59. The number of imide groups is 1. The van der Waals surface area contributed by atoms with Crippen molar-refractivity contribution in [3.05, 3.63) is 65.7 Å². The number of likely N-dealkylation sites (N-methyl/N-ethyl adjacent to an activating group) is 1. The van der Waals surface area contributed by atoms with Gasteiger partial charge in [0.05, 0.1) is 6.67 Å². The Morgan fingerprint density at radius 3 is 2.43 bits per heavy atom. The first kappa shape index (κ1) is 21.6. The van der Waals surface area contributed by atoms with Crippen molar-refractivity contribution in [2.45, 2.75) is 18.6 Å². The number of hydrogen-bond donors (Lipinski definition) is 1. The van der Waals surface area contributed by atoms with E-state index < -0.39 is 23.7 Å². The van der Waals surface area contributed by atoms with E-state index in [1.54, 1.807) is 18.0 Å². The van der Waals surface area contributed by atoms with Crippen LogP contribution in [0, 0.1) is 6.92 Å². The van der Waals surface area contributed by atoms with Crippen molar-refractivity contribution in [2.75, 3.05) is 26.9 Å². The molecule has 9 heteroatoms. The molecule has 0 saturated carbocycles. The summed E-state index contributed by atoms with van der Waals surface area (Å²) in [6.07, 6.45) is -5.00. The largest absolute Gasteiger partial charge is 0.492 e. The molecule has 1 aliphatic rings. The molecule has 0 spiro atoms. The predicted molar refractivity (Wildman–Crippen MR) is 104 cm³/mol. The van der Waals surface area contributed by atoms with E-state index in [4.69, 9.17) is 4.74 Å². The molecule has 1 aliphatic heterocycles. The zero-order valence-corrected chi connectivity index (χ0v) is 16.6. The van der Waals surface area contributed by atoms with Gasteiger partial charge in [-0.2, -0.15) is 13.2 Å². The topological polar surface area (TPSA) is 61.9 Å². The number of urea groups is 1. The van der Waals surface area contributed by atoms with E-state index >= 15 is 0 Å². The van der Waals surface area contributed by atoms with Crippen molar-refractivity contribution in [1.82, 2.24) is 15.1 Å². The highest BCUT2D eigenvalue weighted by atomic mass is 19.4. The van der Waals surface area contributed by atoms with Gasteiger partial charge in [-0.05, 0) is 37.2 Å². The minimum Gasteiger partial charge on any atom is -0.492 e. The smallest absolute Gasteiger partial charge is 0.425 e. The molecule has 2 aromatic rings. The number of alkyl halides is 3. The van der Waals surface area contributed by atoms with Crippen LogP contribution < -0.4 is 10.1 Å². The minimum atomic E-state index is -5.00. The standard InChI is InChI=1S/C21H22F3N3O3/c1-15-7-6-10-17(13-15)30-12-11-26(2)14-27-18(28)20(21(22,23)24,25-19(27)29)16-8-4-3-5-9-16/h3-10,13H,11-12,14H2,1-2H3,(H,25,29). The Kier molecular flexibility index (Phi) is 6.02. The van der Waals surface area contributed by atoms with Gasteiger partial charge >= 0.3 is 12.2 Å². The Hall–Kier alpha value is -3.07. The number of amides is 3. The molecule has 1 unspecified atom stereocenters. The van der Waals surface area contributed by atoms with Crippen molar-refractivity contribution in [2.24, 2.45) is 0 Å². The van der Waals surface area contributed by atoms with Crippen LogP contribution in [0.3, 0.4) is 0 Å². The molecular weight excluding hydrogens is 399 g/mol. The normalized spacial score (nSPS) is 19.3. The van der Waals surface area contributed by atoms with Gasteiger partial charge in [-0.15, -0.1) is 0 Å². The quantitative estimate of drug-likeness (QED) is 0.697. The SMILES string of the molecule is Cc1cccc(OCCN(C)CN2C(=O)NC(c3ccccc3)(C(F)(F)F)C2=O)c1. The van der Waals surface area contributed by atoms with Crippen LogP contribution in [-0.2, 0) is 10.3 Å². The average Bonchev–Trinajstić information content (AvgIpc) is 2.94. The molecule has 1 fully saturated rings. The number of hydrogen-bond acceptors (Lipinski definition) is 4. The zero-order chi connectivity index (χ0) is 21.9. The lowest BCUT2D eigenvalue weighted by molar-refractivity contribution is -0.198. The maximum Gasteiger partial charge on any atom is 0.425 e. The summed E-state index contributed by atoms with van der Waals surface area (Å²) in [4.78, 5) is 27.3.